The number of rotatable bonds is 4. The lowest BCUT2D eigenvalue weighted by atomic mass is 9.89. The van der Waals surface area contributed by atoms with Crippen molar-refractivity contribution in [2.24, 2.45) is 5.92 Å². The fourth-order valence-electron chi connectivity index (χ4n) is 3.98. The van der Waals surface area contributed by atoms with Crippen LogP contribution in [0.15, 0.2) is 18.2 Å². The van der Waals surface area contributed by atoms with Crippen molar-refractivity contribution in [3.05, 3.63) is 34.9 Å². The number of amides is 2. The number of carbonyl (C=O) groups excluding carboxylic acids is 1. The summed E-state index contributed by atoms with van der Waals surface area (Å²) in [5.74, 6) is 0.675. The third-order valence-electron chi connectivity index (χ3n) is 5.50. The number of urea groups is 1. The number of aryl methyl sites for hydroxylation is 2. The molecule has 0 heterocycles. The Balaban J connectivity index is 1.49. The first kappa shape index (κ1) is 16.4. The van der Waals surface area contributed by atoms with E-state index >= 15 is 0 Å². The van der Waals surface area contributed by atoms with Gasteiger partial charge in [0.05, 0.1) is 6.04 Å². The molecule has 3 rings (SSSR count). The minimum absolute atomic E-state index is 0.0270. The Morgan fingerprint density at radius 1 is 1.09 bits per heavy atom. The molecule has 1 fully saturated rings. The first-order chi connectivity index (χ1) is 11.2. The summed E-state index contributed by atoms with van der Waals surface area (Å²) in [6.07, 6.45) is 11.5. The quantitative estimate of drug-likeness (QED) is 0.843. The molecule has 0 radical (unpaired) electrons. The Hall–Kier alpha value is -1.51. The van der Waals surface area contributed by atoms with Crippen molar-refractivity contribution in [1.82, 2.24) is 10.6 Å². The van der Waals surface area contributed by atoms with Gasteiger partial charge in [0.1, 0.15) is 0 Å². The average Bonchev–Trinajstić information content (AvgIpc) is 2.60. The third kappa shape index (κ3) is 4.49. The summed E-state index contributed by atoms with van der Waals surface area (Å²) in [7, 11) is 0. The first-order valence-corrected chi connectivity index (χ1v) is 9.38. The Morgan fingerprint density at radius 3 is 2.61 bits per heavy atom. The van der Waals surface area contributed by atoms with Crippen molar-refractivity contribution >= 4 is 6.03 Å². The molecule has 0 aliphatic heterocycles. The van der Waals surface area contributed by atoms with Crippen molar-refractivity contribution in [3.63, 3.8) is 0 Å². The van der Waals surface area contributed by atoms with Crippen LogP contribution in [-0.4, -0.2) is 12.6 Å². The Morgan fingerprint density at radius 2 is 1.83 bits per heavy atom. The minimum atomic E-state index is -0.0270. The fraction of sp³-hybridized carbons (Fsp3) is 0.650. The van der Waals surface area contributed by atoms with Crippen LogP contribution in [0.3, 0.4) is 0 Å². The Labute approximate surface area is 140 Å². The highest BCUT2D eigenvalue weighted by atomic mass is 16.2. The molecule has 1 aromatic rings. The van der Waals surface area contributed by atoms with E-state index < -0.39 is 0 Å². The van der Waals surface area contributed by atoms with Crippen LogP contribution < -0.4 is 10.6 Å². The molecule has 1 atom stereocenters. The summed E-state index contributed by atoms with van der Waals surface area (Å²) < 4.78 is 0. The van der Waals surface area contributed by atoms with E-state index in [1.54, 1.807) is 0 Å². The predicted octanol–water partition coefficient (Wildman–Crippen LogP) is 4.51. The van der Waals surface area contributed by atoms with Crippen LogP contribution in [-0.2, 0) is 12.8 Å². The SMILES string of the molecule is CC(NC(=O)NCC1CCCCC1)c1ccc2c(c1)CCCC2. The van der Waals surface area contributed by atoms with Crippen molar-refractivity contribution < 1.29 is 4.79 Å². The van der Waals surface area contributed by atoms with Crippen LogP contribution in [0.1, 0.15) is 74.6 Å². The highest BCUT2D eigenvalue weighted by molar-refractivity contribution is 5.74. The number of benzene rings is 1. The van der Waals surface area contributed by atoms with Gasteiger partial charge in [-0.2, -0.15) is 0 Å². The van der Waals surface area contributed by atoms with Gasteiger partial charge >= 0.3 is 6.03 Å². The largest absolute Gasteiger partial charge is 0.338 e. The standard InChI is InChI=1S/C20H30N2O/c1-15(18-12-11-17-9-5-6-10-19(17)13-18)22-20(23)21-14-16-7-3-2-4-8-16/h11-13,15-16H,2-10,14H2,1H3,(H2,21,22,23). The molecular weight excluding hydrogens is 284 g/mol. The zero-order valence-corrected chi connectivity index (χ0v) is 14.4. The molecule has 0 spiro atoms. The number of hydrogen-bond acceptors (Lipinski definition) is 1. The second-order valence-electron chi connectivity index (χ2n) is 7.32. The normalized spacial score (nSPS) is 19.7. The van der Waals surface area contributed by atoms with Crippen LogP contribution in [0.5, 0.6) is 0 Å². The van der Waals surface area contributed by atoms with E-state index in [0.717, 1.165) is 6.54 Å². The van der Waals surface area contributed by atoms with Gasteiger partial charge in [0, 0.05) is 6.54 Å². The van der Waals surface area contributed by atoms with Crippen molar-refractivity contribution in [2.45, 2.75) is 70.8 Å². The van der Waals surface area contributed by atoms with E-state index in [9.17, 15) is 4.79 Å². The molecule has 1 saturated carbocycles. The molecular formula is C20H30N2O. The number of carbonyl (C=O) groups is 1. The molecule has 23 heavy (non-hydrogen) atoms. The minimum Gasteiger partial charge on any atom is -0.338 e. The number of fused-ring (bicyclic) bond motifs is 1. The van der Waals surface area contributed by atoms with E-state index in [2.05, 4.69) is 35.8 Å². The second-order valence-corrected chi connectivity index (χ2v) is 7.32. The maximum absolute atomic E-state index is 12.1. The van der Waals surface area contributed by atoms with Gasteiger partial charge in [0.15, 0.2) is 0 Å². The monoisotopic (exact) mass is 314 g/mol. The zero-order chi connectivity index (χ0) is 16.1. The van der Waals surface area contributed by atoms with Gasteiger partial charge in [0.2, 0.25) is 0 Å². The summed E-state index contributed by atoms with van der Waals surface area (Å²) in [4.78, 5) is 12.1. The van der Waals surface area contributed by atoms with Gasteiger partial charge in [-0.1, -0.05) is 37.5 Å². The topological polar surface area (TPSA) is 41.1 Å². The highest BCUT2D eigenvalue weighted by Crippen LogP contribution is 2.25. The van der Waals surface area contributed by atoms with Crippen LogP contribution in [0.4, 0.5) is 4.79 Å². The van der Waals surface area contributed by atoms with Gasteiger partial charge in [-0.15, -0.1) is 0 Å². The fourth-order valence-corrected chi connectivity index (χ4v) is 3.98. The summed E-state index contributed by atoms with van der Waals surface area (Å²) >= 11 is 0. The lowest BCUT2D eigenvalue weighted by Crippen LogP contribution is -2.39. The van der Waals surface area contributed by atoms with Gasteiger partial charge in [-0.05, 0) is 68.1 Å². The summed E-state index contributed by atoms with van der Waals surface area (Å²) in [5.41, 5.74) is 4.19. The van der Waals surface area contributed by atoms with E-state index in [1.165, 1.54) is 74.5 Å². The highest BCUT2D eigenvalue weighted by Gasteiger charge is 2.16. The first-order valence-electron chi connectivity index (χ1n) is 9.38. The summed E-state index contributed by atoms with van der Waals surface area (Å²) in [6.45, 7) is 2.90. The molecule has 1 aromatic carbocycles. The van der Waals surface area contributed by atoms with Crippen LogP contribution in [0.25, 0.3) is 0 Å². The molecule has 1 unspecified atom stereocenters. The lowest BCUT2D eigenvalue weighted by Gasteiger charge is -2.23. The van der Waals surface area contributed by atoms with Crippen molar-refractivity contribution in [2.75, 3.05) is 6.54 Å². The van der Waals surface area contributed by atoms with Gasteiger partial charge < -0.3 is 10.6 Å². The van der Waals surface area contributed by atoms with Gasteiger partial charge in [0.25, 0.3) is 0 Å². The average molecular weight is 314 g/mol. The molecule has 2 N–H and O–H groups in total. The maximum atomic E-state index is 12.1. The van der Waals surface area contributed by atoms with E-state index in [1.807, 2.05) is 0 Å². The molecule has 2 aliphatic carbocycles. The van der Waals surface area contributed by atoms with Crippen molar-refractivity contribution in [3.8, 4) is 0 Å². The lowest BCUT2D eigenvalue weighted by molar-refractivity contribution is 0.233. The summed E-state index contributed by atoms with van der Waals surface area (Å²) in [6, 6.07) is 6.76. The molecule has 0 aromatic heterocycles. The maximum Gasteiger partial charge on any atom is 0.315 e. The summed E-state index contributed by atoms with van der Waals surface area (Å²) in [5, 5.41) is 6.16. The van der Waals surface area contributed by atoms with Gasteiger partial charge in [-0.3, -0.25) is 0 Å². The van der Waals surface area contributed by atoms with Gasteiger partial charge in [-0.25, -0.2) is 4.79 Å². The number of nitrogens with one attached hydrogen (secondary N) is 2. The van der Waals surface area contributed by atoms with E-state index in [0.29, 0.717) is 5.92 Å². The van der Waals surface area contributed by atoms with Crippen LogP contribution in [0, 0.1) is 5.92 Å². The molecule has 0 bridgehead atoms. The molecule has 2 amide bonds. The van der Waals surface area contributed by atoms with Crippen molar-refractivity contribution in [1.29, 1.82) is 0 Å². The smallest absolute Gasteiger partial charge is 0.315 e. The van der Waals surface area contributed by atoms with Crippen LogP contribution >= 0.6 is 0 Å². The molecule has 0 saturated heterocycles. The number of hydrogen-bond donors (Lipinski definition) is 2. The second kappa shape index (κ2) is 7.85. The molecule has 3 nitrogen and oxygen atoms in total. The predicted molar refractivity (Wildman–Crippen MR) is 94.6 cm³/mol. The van der Waals surface area contributed by atoms with E-state index in [-0.39, 0.29) is 12.1 Å². The third-order valence-corrected chi connectivity index (χ3v) is 5.50. The Bertz CT molecular complexity index is 534. The molecule has 3 heteroatoms. The van der Waals surface area contributed by atoms with Crippen LogP contribution in [0.2, 0.25) is 0 Å². The zero-order valence-electron chi connectivity index (χ0n) is 14.4. The Kier molecular flexibility index (Phi) is 5.58. The molecule has 126 valence electrons. The molecule has 2 aliphatic rings. The van der Waals surface area contributed by atoms with E-state index in [4.69, 9.17) is 0 Å².